The van der Waals surface area contributed by atoms with E-state index in [1.807, 2.05) is 6.20 Å². The second-order valence-corrected chi connectivity index (χ2v) is 6.58. The summed E-state index contributed by atoms with van der Waals surface area (Å²) in [7, 11) is 4.65. The minimum Gasteiger partial charge on any atom is -0.493 e. The van der Waals surface area contributed by atoms with Crippen molar-refractivity contribution in [3.05, 3.63) is 29.5 Å². The van der Waals surface area contributed by atoms with Crippen LogP contribution in [0, 0.1) is 0 Å². The van der Waals surface area contributed by atoms with Gasteiger partial charge in [0, 0.05) is 24.9 Å². The Kier molecular flexibility index (Phi) is 6.21. The van der Waals surface area contributed by atoms with Gasteiger partial charge in [-0.3, -0.25) is 0 Å². The molecule has 0 atom stereocenters. The maximum Gasteiger partial charge on any atom is 0.369 e. The van der Waals surface area contributed by atoms with Crippen molar-refractivity contribution in [1.29, 1.82) is 0 Å². The van der Waals surface area contributed by atoms with Crippen molar-refractivity contribution in [2.75, 3.05) is 34.4 Å². The highest BCUT2D eigenvalue weighted by Crippen LogP contribution is 2.39. The molecule has 0 aromatic heterocycles. The number of rotatable bonds is 5. The van der Waals surface area contributed by atoms with Crippen molar-refractivity contribution in [1.82, 2.24) is 4.90 Å². The van der Waals surface area contributed by atoms with E-state index in [9.17, 15) is 4.79 Å². The van der Waals surface area contributed by atoms with Crippen LogP contribution < -0.4 is 14.2 Å². The SMILES string of the molecule is COc1cc(C2=NOC(=O)/C2=C\N2CCCCCCC2)cc(OC)c1OC. The molecule has 2 aliphatic rings. The standard InChI is InChI=1S/C20H26N2O5/c1-24-16-11-14(12-17(25-2)19(16)26-3)18-15(20(23)27-21-18)13-22-9-7-5-4-6-8-10-22/h11-13H,4-10H2,1-3H3/b15-13-. The molecule has 27 heavy (non-hydrogen) atoms. The summed E-state index contributed by atoms with van der Waals surface area (Å²) in [6.07, 6.45) is 7.84. The fourth-order valence-electron chi connectivity index (χ4n) is 3.41. The zero-order valence-electron chi connectivity index (χ0n) is 16.1. The Balaban J connectivity index is 1.95. The number of hydrogen-bond donors (Lipinski definition) is 0. The molecular formula is C20H26N2O5. The number of hydrogen-bond acceptors (Lipinski definition) is 7. The molecule has 1 aromatic carbocycles. The third-order valence-electron chi connectivity index (χ3n) is 4.84. The highest BCUT2D eigenvalue weighted by atomic mass is 16.7. The van der Waals surface area contributed by atoms with E-state index in [1.54, 1.807) is 33.5 Å². The molecule has 7 heteroatoms. The van der Waals surface area contributed by atoms with Crippen LogP contribution in [-0.4, -0.2) is 51.0 Å². The fourth-order valence-corrected chi connectivity index (χ4v) is 3.41. The third-order valence-corrected chi connectivity index (χ3v) is 4.84. The summed E-state index contributed by atoms with van der Waals surface area (Å²) in [5.41, 5.74) is 1.60. The number of nitrogens with zero attached hydrogens (tertiary/aromatic N) is 2. The largest absolute Gasteiger partial charge is 0.493 e. The van der Waals surface area contributed by atoms with Gasteiger partial charge in [0.25, 0.3) is 0 Å². The first-order valence-corrected chi connectivity index (χ1v) is 9.24. The van der Waals surface area contributed by atoms with E-state index in [0.29, 0.717) is 34.1 Å². The summed E-state index contributed by atoms with van der Waals surface area (Å²) in [5, 5.41) is 4.00. The van der Waals surface area contributed by atoms with E-state index in [4.69, 9.17) is 19.0 Å². The number of methoxy groups -OCH3 is 3. The van der Waals surface area contributed by atoms with Crippen LogP contribution in [0.25, 0.3) is 0 Å². The van der Waals surface area contributed by atoms with Crippen molar-refractivity contribution in [2.45, 2.75) is 32.1 Å². The number of likely N-dealkylation sites (tertiary alicyclic amines) is 1. The monoisotopic (exact) mass is 374 g/mol. The van der Waals surface area contributed by atoms with Gasteiger partial charge in [0.1, 0.15) is 11.3 Å². The second-order valence-electron chi connectivity index (χ2n) is 6.58. The van der Waals surface area contributed by atoms with Crippen molar-refractivity contribution < 1.29 is 23.8 Å². The van der Waals surface area contributed by atoms with E-state index >= 15 is 0 Å². The summed E-state index contributed by atoms with van der Waals surface area (Å²) in [5.74, 6) is 1.05. The van der Waals surface area contributed by atoms with Crippen LogP contribution >= 0.6 is 0 Å². The van der Waals surface area contributed by atoms with E-state index < -0.39 is 5.97 Å². The average molecular weight is 374 g/mol. The first-order valence-electron chi connectivity index (χ1n) is 9.24. The van der Waals surface area contributed by atoms with Crippen LogP contribution in [0.2, 0.25) is 0 Å². The van der Waals surface area contributed by atoms with Crippen LogP contribution in [0.5, 0.6) is 17.2 Å². The maximum absolute atomic E-state index is 12.3. The molecule has 0 N–H and O–H groups in total. The lowest BCUT2D eigenvalue weighted by Crippen LogP contribution is -2.24. The molecule has 0 amide bonds. The normalized spacial score (nSPS) is 19.2. The van der Waals surface area contributed by atoms with Crippen LogP contribution in [0.15, 0.2) is 29.1 Å². The quantitative estimate of drug-likeness (QED) is 0.583. The first kappa shape index (κ1) is 19.1. The highest BCUT2D eigenvalue weighted by molar-refractivity contribution is 6.29. The topological polar surface area (TPSA) is 69.6 Å². The van der Waals surface area contributed by atoms with E-state index in [2.05, 4.69) is 10.1 Å². The van der Waals surface area contributed by atoms with Crippen LogP contribution in [0.3, 0.4) is 0 Å². The highest BCUT2D eigenvalue weighted by Gasteiger charge is 2.29. The Morgan fingerprint density at radius 2 is 1.56 bits per heavy atom. The summed E-state index contributed by atoms with van der Waals surface area (Å²) in [6.45, 7) is 1.86. The Labute approximate surface area is 159 Å². The van der Waals surface area contributed by atoms with Gasteiger partial charge in [0.15, 0.2) is 11.5 Å². The number of carbonyl (C=O) groups is 1. The Hall–Kier alpha value is -2.70. The predicted octanol–water partition coefficient (Wildman–Crippen LogP) is 3.12. The Morgan fingerprint density at radius 1 is 0.963 bits per heavy atom. The molecule has 3 rings (SSSR count). The number of benzene rings is 1. The van der Waals surface area contributed by atoms with Gasteiger partial charge in [0.05, 0.1) is 21.3 Å². The van der Waals surface area contributed by atoms with E-state index in [-0.39, 0.29) is 0 Å². The zero-order valence-corrected chi connectivity index (χ0v) is 16.1. The van der Waals surface area contributed by atoms with Gasteiger partial charge < -0.3 is 23.9 Å². The number of ether oxygens (including phenoxy) is 3. The van der Waals surface area contributed by atoms with Crippen molar-refractivity contribution in [3.63, 3.8) is 0 Å². The van der Waals surface area contributed by atoms with Gasteiger partial charge in [-0.25, -0.2) is 4.79 Å². The molecule has 0 bridgehead atoms. The average Bonchev–Trinajstić information content (AvgIpc) is 3.02. The van der Waals surface area contributed by atoms with Gasteiger partial charge >= 0.3 is 5.97 Å². The Bertz CT molecular complexity index is 724. The van der Waals surface area contributed by atoms with Crippen molar-refractivity contribution >= 4 is 11.7 Å². The molecule has 0 spiro atoms. The minimum absolute atomic E-state index is 0.444. The first-order chi connectivity index (χ1) is 13.2. The molecule has 1 fully saturated rings. The minimum atomic E-state index is -0.444. The number of carbonyl (C=O) groups excluding carboxylic acids is 1. The molecular weight excluding hydrogens is 348 g/mol. The van der Waals surface area contributed by atoms with Gasteiger partial charge in [0.2, 0.25) is 5.75 Å². The molecule has 2 heterocycles. The van der Waals surface area contributed by atoms with Crippen molar-refractivity contribution in [2.24, 2.45) is 5.16 Å². The summed E-state index contributed by atoms with van der Waals surface area (Å²) >= 11 is 0. The van der Waals surface area contributed by atoms with Crippen molar-refractivity contribution in [3.8, 4) is 17.2 Å². The van der Waals surface area contributed by atoms with Gasteiger partial charge in [-0.15, -0.1) is 0 Å². The van der Waals surface area contributed by atoms with Gasteiger partial charge in [-0.05, 0) is 25.0 Å². The molecule has 0 radical (unpaired) electrons. The fraction of sp³-hybridized carbons (Fsp3) is 0.500. The molecule has 1 saturated heterocycles. The maximum atomic E-state index is 12.3. The van der Waals surface area contributed by atoms with Crippen LogP contribution in [-0.2, 0) is 9.63 Å². The lowest BCUT2D eigenvalue weighted by Gasteiger charge is -2.23. The molecule has 7 nitrogen and oxygen atoms in total. The number of oxime groups is 1. The zero-order chi connectivity index (χ0) is 19.2. The predicted molar refractivity (Wildman–Crippen MR) is 101 cm³/mol. The summed E-state index contributed by atoms with van der Waals surface area (Å²) in [6, 6.07) is 3.53. The van der Waals surface area contributed by atoms with E-state index in [0.717, 1.165) is 25.9 Å². The van der Waals surface area contributed by atoms with Crippen LogP contribution in [0.1, 0.15) is 37.7 Å². The lowest BCUT2D eigenvalue weighted by molar-refractivity contribution is -0.136. The molecule has 0 saturated carbocycles. The molecule has 146 valence electrons. The summed E-state index contributed by atoms with van der Waals surface area (Å²) < 4.78 is 16.2. The molecule has 1 aromatic rings. The van der Waals surface area contributed by atoms with Gasteiger partial charge in [-0.2, -0.15) is 0 Å². The Morgan fingerprint density at radius 3 is 2.11 bits per heavy atom. The summed E-state index contributed by atoms with van der Waals surface area (Å²) in [4.78, 5) is 19.5. The second kappa shape index (κ2) is 8.79. The molecule has 2 aliphatic heterocycles. The molecule has 0 aliphatic carbocycles. The van der Waals surface area contributed by atoms with E-state index in [1.165, 1.54) is 19.3 Å². The van der Waals surface area contributed by atoms with Crippen LogP contribution in [0.4, 0.5) is 0 Å². The smallest absolute Gasteiger partial charge is 0.369 e. The third kappa shape index (κ3) is 4.18. The van der Waals surface area contributed by atoms with Gasteiger partial charge in [-0.1, -0.05) is 24.4 Å². The lowest BCUT2D eigenvalue weighted by atomic mass is 10.0. The molecule has 0 unspecified atom stereocenters.